The van der Waals surface area contributed by atoms with Crippen LogP contribution in [-0.2, 0) is 23.1 Å². The number of thiazole rings is 1. The maximum Gasteiger partial charge on any atom is 0.350 e. The molecule has 0 bridgehead atoms. The summed E-state index contributed by atoms with van der Waals surface area (Å²) in [4.78, 5) is 32.4. The van der Waals surface area contributed by atoms with Crippen molar-refractivity contribution < 1.29 is 14.3 Å². The van der Waals surface area contributed by atoms with Gasteiger partial charge in [0, 0.05) is 19.2 Å². The fraction of sp³-hybridized carbons (Fsp3) is 0.364. The lowest BCUT2D eigenvalue weighted by Gasteiger charge is -2.20. The van der Waals surface area contributed by atoms with Crippen molar-refractivity contribution in [1.82, 2.24) is 14.8 Å². The van der Waals surface area contributed by atoms with Gasteiger partial charge in [-0.15, -0.1) is 0 Å². The van der Waals surface area contributed by atoms with Gasteiger partial charge in [-0.2, -0.15) is 5.10 Å². The summed E-state index contributed by atoms with van der Waals surface area (Å²) in [6.45, 7) is 4.25. The second-order valence-electron chi connectivity index (χ2n) is 7.44. The Morgan fingerprint density at radius 1 is 1.30 bits per heavy atom. The quantitative estimate of drug-likeness (QED) is 0.541. The molecule has 1 saturated carbocycles. The van der Waals surface area contributed by atoms with Crippen molar-refractivity contribution in [3.8, 4) is 0 Å². The zero-order valence-corrected chi connectivity index (χ0v) is 18.1. The van der Waals surface area contributed by atoms with Crippen molar-refractivity contribution in [1.29, 1.82) is 0 Å². The molecule has 4 rings (SSSR count). The fourth-order valence-corrected chi connectivity index (χ4v) is 4.52. The van der Waals surface area contributed by atoms with E-state index in [1.165, 1.54) is 11.3 Å². The number of benzene rings is 1. The molecule has 1 aromatic carbocycles. The Morgan fingerprint density at radius 3 is 2.73 bits per heavy atom. The number of ether oxygens (including phenoxy) is 1. The summed E-state index contributed by atoms with van der Waals surface area (Å²) in [5.74, 6) is -0.300. The Balaban J connectivity index is 1.61. The monoisotopic (exact) mass is 424 g/mol. The van der Waals surface area contributed by atoms with E-state index >= 15 is 0 Å². The predicted molar refractivity (Wildman–Crippen MR) is 114 cm³/mol. The normalized spacial score (nSPS) is 17.6. The topological polar surface area (TPSA) is 77.3 Å². The van der Waals surface area contributed by atoms with Crippen molar-refractivity contribution in [2.24, 2.45) is 13.0 Å². The van der Waals surface area contributed by atoms with Crippen molar-refractivity contribution >= 4 is 28.3 Å². The number of esters is 1. The molecule has 2 unspecified atom stereocenters. The lowest BCUT2D eigenvalue weighted by molar-refractivity contribution is -0.120. The molecule has 0 spiro atoms. The van der Waals surface area contributed by atoms with Crippen LogP contribution in [0.2, 0.25) is 0 Å². The molecular weight excluding hydrogens is 400 g/mol. The van der Waals surface area contributed by atoms with Gasteiger partial charge in [0.1, 0.15) is 4.88 Å². The molecule has 0 radical (unpaired) electrons. The Labute approximate surface area is 179 Å². The minimum atomic E-state index is -0.398. The largest absolute Gasteiger partial charge is 0.462 e. The molecule has 2 aromatic heterocycles. The Morgan fingerprint density at radius 2 is 2.07 bits per heavy atom. The van der Waals surface area contributed by atoms with E-state index in [2.05, 4.69) is 10.1 Å². The van der Waals surface area contributed by atoms with Gasteiger partial charge in [0.05, 0.1) is 25.0 Å². The van der Waals surface area contributed by atoms with Crippen LogP contribution in [0.15, 0.2) is 42.7 Å². The van der Waals surface area contributed by atoms with E-state index in [-0.39, 0.29) is 17.7 Å². The number of nitrogens with zero attached hydrogens (tertiary/aromatic N) is 4. The van der Waals surface area contributed by atoms with E-state index < -0.39 is 5.97 Å². The van der Waals surface area contributed by atoms with E-state index in [9.17, 15) is 9.59 Å². The number of hydrogen-bond donors (Lipinski definition) is 0. The smallest absolute Gasteiger partial charge is 0.350 e. The van der Waals surface area contributed by atoms with Gasteiger partial charge in [-0.05, 0) is 37.3 Å². The average molecular weight is 425 g/mol. The number of carbonyl (C=O) groups is 2. The molecule has 2 atom stereocenters. The van der Waals surface area contributed by atoms with Crippen LogP contribution >= 0.6 is 11.3 Å². The number of aromatic nitrogens is 3. The van der Waals surface area contributed by atoms with Gasteiger partial charge in [0.25, 0.3) is 0 Å². The van der Waals surface area contributed by atoms with Crippen molar-refractivity contribution in [2.45, 2.75) is 32.7 Å². The van der Waals surface area contributed by atoms with Crippen molar-refractivity contribution in [2.75, 3.05) is 11.5 Å². The first kappa shape index (κ1) is 20.3. The zero-order valence-electron chi connectivity index (χ0n) is 17.2. The number of anilines is 1. The van der Waals surface area contributed by atoms with Crippen LogP contribution in [0.5, 0.6) is 0 Å². The second kappa shape index (κ2) is 8.39. The van der Waals surface area contributed by atoms with Gasteiger partial charge in [0.15, 0.2) is 5.13 Å². The van der Waals surface area contributed by atoms with Gasteiger partial charge in [-0.3, -0.25) is 14.4 Å². The van der Waals surface area contributed by atoms with Gasteiger partial charge < -0.3 is 4.74 Å². The summed E-state index contributed by atoms with van der Waals surface area (Å²) >= 11 is 1.21. The third-order valence-electron chi connectivity index (χ3n) is 5.19. The van der Waals surface area contributed by atoms with Gasteiger partial charge in [-0.1, -0.05) is 41.7 Å². The molecule has 30 heavy (non-hydrogen) atoms. The molecule has 1 fully saturated rings. The Hall–Kier alpha value is -3.00. The first-order valence-corrected chi connectivity index (χ1v) is 10.8. The minimum Gasteiger partial charge on any atom is -0.462 e. The van der Waals surface area contributed by atoms with Gasteiger partial charge in [0.2, 0.25) is 5.91 Å². The highest BCUT2D eigenvalue weighted by Crippen LogP contribution is 2.49. The molecule has 1 aliphatic carbocycles. The molecule has 1 amide bonds. The standard InChI is InChI=1S/C22H24N4O3S/c1-4-29-21(28)19-14(2)24-22(30-19)26(12-15-8-6-5-7-9-15)20(27)18-10-17(18)16-11-23-25(3)13-16/h5-9,11,13,17-18H,4,10,12H2,1-3H3. The summed E-state index contributed by atoms with van der Waals surface area (Å²) in [5, 5.41) is 4.75. The maximum atomic E-state index is 13.5. The first-order chi connectivity index (χ1) is 14.5. The molecule has 0 saturated heterocycles. The summed E-state index contributed by atoms with van der Waals surface area (Å²) in [7, 11) is 1.87. The summed E-state index contributed by atoms with van der Waals surface area (Å²) in [6.07, 6.45) is 4.59. The number of carbonyl (C=O) groups excluding carboxylic acids is 2. The van der Waals surface area contributed by atoms with E-state index in [1.807, 2.05) is 49.8 Å². The predicted octanol–water partition coefficient (Wildman–Crippen LogP) is 3.70. The molecule has 8 heteroatoms. The molecule has 0 aliphatic heterocycles. The van der Waals surface area contributed by atoms with Crippen LogP contribution in [0, 0.1) is 12.8 Å². The van der Waals surface area contributed by atoms with Crippen molar-refractivity contribution in [3.05, 3.63) is 64.4 Å². The first-order valence-electron chi connectivity index (χ1n) is 9.96. The van der Waals surface area contributed by atoms with Crippen molar-refractivity contribution in [3.63, 3.8) is 0 Å². The van der Waals surface area contributed by atoms with Crippen LogP contribution in [0.4, 0.5) is 5.13 Å². The third kappa shape index (κ3) is 4.14. The van der Waals surface area contributed by atoms with E-state index in [1.54, 1.807) is 23.4 Å². The number of amides is 1. The molecule has 0 N–H and O–H groups in total. The van der Waals surface area contributed by atoms with E-state index in [0.29, 0.717) is 28.9 Å². The van der Waals surface area contributed by atoms with Gasteiger partial charge >= 0.3 is 5.97 Å². The lowest BCUT2D eigenvalue weighted by atomic mass is 10.1. The number of aryl methyl sites for hydroxylation is 2. The molecule has 7 nitrogen and oxygen atoms in total. The summed E-state index contributed by atoms with van der Waals surface area (Å²) in [5.41, 5.74) is 2.67. The fourth-order valence-electron chi connectivity index (χ4n) is 3.56. The highest BCUT2D eigenvalue weighted by molar-refractivity contribution is 7.17. The Kier molecular flexibility index (Phi) is 5.67. The highest BCUT2D eigenvalue weighted by atomic mass is 32.1. The van der Waals surface area contributed by atoms with Crippen LogP contribution in [-0.4, -0.2) is 33.2 Å². The van der Waals surface area contributed by atoms with E-state index in [0.717, 1.165) is 17.5 Å². The molecule has 3 aromatic rings. The molecule has 2 heterocycles. The van der Waals surface area contributed by atoms with Crippen LogP contribution in [0.25, 0.3) is 0 Å². The highest BCUT2D eigenvalue weighted by Gasteiger charge is 2.47. The SMILES string of the molecule is CCOC(=O)c1sc(N(Cc2ccccc2)C(=O)C2CC2c2cnn(C)c2)nc1C. The average Bonchev–Trinajstić information content (AvgIpc) is 3.27. The van der Waals surface area contributed by atoms with E-state index in [4.69, 9.17) is 4.74 Å². The summed E-state index contributed by atoms with van der Waals surface area (Å²) in [6, 6.07) is 9.81. The second-order valence-corrected chi connectivity index (χ2v) is 8.41. The number of hydrogen-bond acceptors (Lipinski definition) is 6. The minimum absolute atomic E-state index is 0.0249. The molecular formula is C22H24N4O3S. The van der Waals surface area contributed by atoms with Gasteiger partial charge in [-0.25, -0.2) is 9.78 Å². The third-order valence-corrected chi connectivity index (χ3v) is 6.35. The van der Waals surface area contributed by atoms with Crippen LogP contribution in [0.3, 0.4) is 0 Å². The molecule has 156 valence electrons. The zero-order chi connectivity index (χ0) is 21.3. The Bertz CT molecular complexity index is 1060. The van der Waals surface area contributed by atoms with Crippen LogP contribution < -0.4 is 4.90 Å². The molecule has 1 aliphatic rings. The summed E-state index contributed by atoms with van der Waals surface area (Å²) < 4.78 is 6.89. The van der Waals surface area contributed by atoms with Crippen LogP contribution in [0.1, 0.15) is 45.8 Å². The maximum absolute atomic E-state index is 13.5. The lowest BCUT2D eigenvalue weighted by Crippen LogP contribution is -2.32. The number of rotatable bonds is 7.